The molecule has 0 unspecified atom stereocenters. The van der Waals surface area contributed by atoms with Gasteiger partial charge in [0.2, 0.25) is 0 Å². The lowest BCUT2D eigenvalue weighted by molar-refractivity contribution is 0.174. The van der Waals surface area contributed by atoms with E-state index in [-0.39, 0.29) is 5.75 Å². The highest BCUT2D eigenvalue weighted by molar-refractivity contribution is 5.35. The summed E-state index contributed by atoms with van der Waals surface area (Å²) >= 11 is 0. The molecule has 0 radical (unpaired) electrons. The molecule has 1 fully saturated rings. The smallest absolute Gasteiger partial charge is 0.166 e. The molecule has 2 nitrogen and oxygen atoms in total. The molecule has 0 spiro atoms. The van der Waals surface area contributed by atoms with E-state index in [2.05, 4.69) is 6.92 Å². The van der Waals surface area contributed by atoms with Crippen LogP contribution in [0.1, 0.15) is 51.0 Å². The van der Waals surface area contributed by atoms with Gasteiger partial charge >= 0.3 is 0 Å². The Kier molecular flexibility index (Phi) is 5.40. The SMILES string of the molecule is CCC[C@H]1CC[C@H](COc2ccc(C#N)cc2F)CC1. The van der Waals surface area contributed by atoms with Crippen LogP contribution in [-0.4, -0.2) is 6.61 Å². The molecule has 1 saturated carbocycles. The van der Waals surface area contributed by atoms with Crippen LogP contribution in [0.15, 0.2) is 18.2 Å². The fraction of sp³-hybridized carbons (Fsp3) is 0.588. The third-order valence-electron chi connectivity index (χ3n) is 4.20. The molecule has 0 aliphatic heterocycles. The van der Waals surface area contributed by atoms with Crippen molar-refractivity contribution >= 4 is 0 Å². The zero-order valence-electron chi connectivity index (χ0n) is 12.1. The van der Waals surface area contributed by atoms with E-state index in [9.17, 15) is 4.39 Å². The van der Waals surface area contributed by atoms with Gasteiger partial charge in [-0.1, -0.05) is 32.6 Å². The Morgan fingerprint density at radius 2 is 1.95 bits per heavy atom. The lowest BCUT2D eigenvalue weighted by Gasteiger charge is -2.28. The fourth-order valence-corrected chi connectivity index (χ4v) is 2.99. The maximum Gasteiger partial charge on any atom is 0.166 e. The number of nitrogens with zero attached hydrogens (tertiary/aromatic N) is 1. The van der Waals surface area contributed by atoms with Crippen LogP contribution >= 0.6 is 0 Å². The largest absolute Gasteiger partial charge is 0.490 e. The van der Waals surface area contributed by atoms with E-state index < -0.39 is 5.82 Å². The Morgan fingerprint density at radius 1 is 1.25 bits per heavy atom. The fourth-order valence-electron chi connectivity index (χ4n) is 2.99. The van der Waals surface area contributed by atoms with E-state index in [1.807, 2.05) is 6.07 Å². The van der Waals surface area contributed by atoms with Gasteiger partial charge in [-0.2, -0.15) is 5.26 Å². The van der Waals surface area contributed by atoms with E-state index >= 15 is 0 Å². The van der Waals surface area contributed by atoms with Crippen LogP contribution in [0, 0.1) is 29.0 Å². The summed E-state index contributed by atoms with van der Waals surface area (Å²) in [6.45, 7) is 2.82. The van der Waals surface area contributed by atoms with Crippen LogP contribution < -0.4 is 4.74 Å². The Balaban J connectivity index is 1.80. The summed E-state index contributed by atoms with van der Waals surface area (Å²) in [6, 6.07) is 6.30. The first-order valence-corrected chi connectivity index (χ1v) is 7.55. The molecular weight excluding hydrogens is 253 g/mol. The first kappa shape index (κ1) is 14.8. The van der Waals surface area contributed by atoms with Crippen molar-refractivity contribution < 1.29 is 9.13 Å². The average molecular weight is 275 g/mol. The number of halogens is 1. The zero-order valence-corrected chi connectivity index (χ0v) is 12.1. The highest BCUT2D eigenvalue weighted by Crippen LogP contribution is 2.32. The second kappa shape index (κ2) is 7.28. The second-order valence-electron chi connectivity index (χ2n) is 5.74. The minimum absolute atomic E-state index is 0.264. The van der Waals surface area contributed by atoms with Gasteiger partial charge in [0.05, 0.1) is 18.2 Å². The Labute approximate surface area is 120 Å². The van der Waals surface area contributed by atoms with Crippen LogP contribution in [-0.2, 0) is 0 Å². The minimum Gasteiger partial charge on any atom is -0.490 e. The molecule has 1 aromatic carbocycles. The monoisotopic (exact) mass is 275 g/mol. The van der Waals surface area contributed by atoms with Gasteiger partial charge in [-0.25, -0.2) is 4.39 Å². The Hall–Kier alpha value is -1.56. The molecule has 0 aromatic heterocycles. The van der Waals surface area contributed by atoms with E-state index in [1.54, 1.807) is 12.1 Å². The van der Waals surface area contributed by atoms with Gasteiger partial charge in [0.15, 0.2) is 11.6 Å². The summed E-state index contributed by atoms with van der Waals surface area (Å²) in [6.07, 6.45) is 7.51. The molecule has 0 atom stereocenters. The molecule has 0 heterocycles. The molecule has 1 aliphatic carbocycles. The van der Waals surface area contributed by atoms with Gasteiger partial charge in [-0.05, 0) is 42.9 Å². The molecule has 0 amide bonds. The van der Waals surface area contributed by atoms with Crippen LogP contribution in [0.25, 0.3) is 0 Å². The van der Waals surface area contributed by atoms with Gasteiger partial charge in [0.25, 0.3) is 0 Å². The van der Waals surface area contributed by atoms with Crippen molar-refractivity contribution in [2.75, 3.05) is 6.61 Å². The van der Waals surface area contributed by atoms with Crippen molar-refractivity contribution in [3.8, 4) is 11.8 Å². The molecule has 0 saturated heterocycles. The third kappa shape index (κ3) is 3.96. The molecule has 2 rings (SSSR count). The summed E-state index contributed by atoms with van der Waals surface area (Å²) in [5.74, 6) is 1.24. The number of benzene rings is 1. The van der Waals surface area contributed by atoms with Gasteiger partial charge in [-0.3, -0.25) is 0 Å². The number of nitriles is 1. The predicted molar refractivity (Wildman–Crippen MR) is 77.0 cm³/mol. The molecule has 1 aromatic rings. The quantitative estimate of drug-likeness (QED) is 0.781. The summed E-state index contributed by atoms with van der Waals surface area (Å²) in [5.41, 5.74) is 0.329. The first-order chi connectivity index (χ1) is 9.72. The van der Waals surface area contributed by atoms with Crippen LogP contribution in [0.4, 0.5) is 4.39 Å². The molecule has 1 aliphatic rings. The lowest BCUT2D eigenvalue weighted by Crippen LogP contribution is -2.20. The van der Waals surface area contributed by atoms with Crippen molar-refractivity contribution in [3.05, 3.63) is 29.6 Å². The van der Waals surface area contributed by atoms with Gasteiger partial charge in [-0.15, -0.1) is 0 Å². The summed E-state index contributed by atoms with van der Waals surface area (Å²) in [4.78, 5) is 0. The maximum atomic E-state index is 13.7. The van der Waals surface area contributed by atoms with Crippen LogP contribution in [0.2, 0.25) is 0 Å². The summed E-state index contributed by atoms with van der Waals surface area (Å²) in [7, 11) is 0. The third-order valence-corrected chi connectivity index (χ3v) is 4.20. The topological polar surface area (TPSA) is 33.0 Å². The molecule has 108 valence electrons. The average Bonchev–Trinajstić information content (AvgIpc) is 2.48. The van der Waals surface area contributed by atoms with E-state index in [1.165, 1.54) is 44.6 Å². The van der Waals surface area contributed by atoms with Crippen molar-refractivity contribution in [3.63, 3.8) is 0 Å². The predicted octanol–water partition coefficient (Wildman–Crippen LogP) is 4.68. The van der Waals surface area contributed by atoms with Gasteiger partial charge in [0.1, 0.15) is 0 Å². The zero-order chi connectivity index (χ0) is 14.4. The van der Waals surface area contributed by atoms with Crippen LogP contribution in [0.5, 0.6) is 5.75 Å². The highest BCUT2D eigenvalue weighted by atomic mass is 19.1. The number of ether oxygens (including phenoxy) is 1. The normalized spacial score (nSPS) is 22.2. The molecule has 0 N–H and O–H groups in total. The van der Waals surface area contributed by atoms with Crippen LogP contribution in [0.3, 0.4) is 0 Å². The Bertz CT molecular complexity index is 472. The van der Waals surface area contributed by atoms with E-state index in [0.29, 0.717) is 18.1 Å². The first-order valence-electron chi connectivity index (χ1n) is 7.55. The van der Waals surface area contributed by atoms with Gasteiger partial charge in [0, 0.05) is 0 Å². The second-order valence-corrected chi connectivity index (χ2v) is 5.74. The molecule has 3 heteroatoms. The number of hydrogen-bond donors (Lipinski definition) is 0. The van der Waals surface area contributed by atoms with E-state index in [4.69, 9.17) is 10.00 Å². The summed E-state index contributed by atoms with van der Waals surface area (Å²) in [5, 5.41) is 8.70. The minimum atomic E-state index is -0.441. The Morgan fingerprint density at radius 3 is 2.55 bits per heavy atom. The van der Waals surface area contributed by atoms with Crippen molar-refractivity contribution in [2.24, 2.45) is 11.8 Å². The lowest BCUT2D eigenvalue weighted by atomic mass is 9.80. The van der Waals surface area contributed by atoms with Gasteiger partial charge < -0.3 is 4.74 Å². The van der Waals surface area contributed by atoms with Crippen molar-refractivity contribution in [2.45, 2.75) is 45.4 Å². The van der Waals surface area contributed by atoms with E-state index in [0.717, 1.165) is 5.92 Å². The molecule has 20 heavy (non-hydrogen) atoms. The van der Waals surface area contributed by atoms with Crippen molar-refractivity contribution in [1.82, 2.24) is 0 Å². The highest BCUT2D eigenvalue weighted by Gasteiger charge is 2.21. The van der Waals surface area contributed by atoms with Crippen molar-refractivity contribution in [1.29, 1.82) is 5.26 Å². The number of hydrogen-bond acceptors (Lipinski definition) is 2. The molecular formula is C17H22FNO. The summed E-state index contributed by atoms with van der Waals surface area (Å²) < 4.78 is 19.3. The molecule has 0 bridgehead atoms. The standard InChI is InChI=1S/C17H22FNO/c1-2-3-13-4-6-14(7-5-13)12-20-17-9-8-15(11-19)10-16(17)18/h8-10,13-14H,2-7,12H2,1H3/t13-,14-. The maximum absolute atomic E-state index is 13.7. The number of rotatable bonds is 5.